The first-order valence-corrected chi connectivity index (χ1v) is 6.73. The van der Waals surface area contributed by atoms with E-state index in [4.69, 9.17) is 11.6 Å². The SMILES string of the molecule is O=C1c2ccccc2C(=O)c2c1ccc(Cl)c2I. The van der Waals surface area contributed by atoms with Gasteiger partial charge < -0.3 is 0 Å². The van der Waals surface area contributed by atoms with Crippen LogP contribution in [0.4, 0.5) is 0 Å². The number of fused-ring (bicyclic) bond motifs is 2. The van der Waals surface area contributed by atoms with E-state index in [1.807, 2.05) is 22.6 Å². The van der Waals surface area contributed by atoms with Gasteiger partial charge in [0.25, 0.3) is 0 Å². The lowest BCUT2D eigenvalue weighted by Gasteiger charge is -2.18. The van der Waals surface area contributed by atoms with Crippen molar-refractivity contribution in [2.24, 2.45) is 0 Å². The summed E-state index contributed by atoms with van der Waals surface area (Å²) < 4.78 is 0.639. The second kappa shape index (κ2) is 4.17. The normalized spacial score (nSPS) is 13.2. The van der Waals surface area contributed by atoms with Gasteiger partial charge in [-0.2, -0.15) is 0 Å². The maximum Gasteiger partial charge on any atom is 0.195 e. The number of hydrogen-bond acceptors (Lipinski definition) is 2. The zero-order chi connectivity index (χ0) is 12.9. The lowest BCUT2D eigenvalue weighted by molar-refractivity contribution is 0.0978. The molecule has 0 fully saturated rings. The molecule has 0 aliphatic heterocycles. The van der Waals surface area contributed by atoms with Gasteiger partial charge in [0.15, 0.2) is 11.6 Å². The van der Waals surface area contributed by atoms with Crippen LogP contribution in [0.3, 0.4) is 0 Å². The van der Waals surface area contributed by atoms with E-state index in [0.717, 1.165) is 0 Å². The first kappa shape index (κ1) is 11.9. The Bertz CT molecular complexity index is 707. The molecule has 2 nitrogen and oxygen atoms in total. The third-order valence-electron chi connectivity index (χ3n) is 2.98. The molecule has 3 rings (SSSR count). The number of rotatable bonds is 0. The Labute approximate surface area is 122 Å². The number of halogens is 2. The Hall–Kier alpha value is -1.20. The predicted octanol–water partition coefficient (Wildman–Crippen LogP) is 3.72. The van der Waals surface area contributed by atoms with Crippen molar-refractivity contribution in [1.82, 2.24) is 0 Å². The van der Waals surface area contributed by atoms with E-state index in [2.05, 4.69) is 0 Å². The molecule has 2 aromatic carbocycles. The van der Waals surface area contributed by atoms with Crippen molar-refractivity contribution < 1.29 is 9.59 Å². The highest BCUT2D eigenvalue weighted by molar-refractivity contribution is 14.1. The minimum atomic E-state index is -0.132. The molecule has 4 heteroatoms. The smallest absolute Gasteiger partial charge is 0.195 e. The van der Waals surface area contributed by atoms with Gasteiger partial charge >= 0.3 is 0 Å². The van der Waals surface area contributed by atoms with E-state index in [1.165, 1.54) is 0 Å². The molecule has 0 bridgehead atoms. The van der Waals surface area contributed by atoms with Gasteiger partial charge in [-0.3, -0.25) is 9.59 Å². The molecular weight excluding hydrogens is 363 g/mol. The number of carbonyl (C=O) groups excluding carboxylic acids is 2. The molecule has 88 valence electrons. The van der Waals surface area contributed by atoms with Gasteiger partial charge in [-0.05, 0) is 34.7 Å². The van der Waals surface area contributed by atoms with Crippen molar-refractivity contribution in [3.63, 3.8) is 0 Å². The van der Waals surface area contributed by atoms with Crippen molar-refractivity contribution in [2.45, 2.75) is 0 Å². The Morgan fingerprint density at radius 1 is 0.833 bits per heavy atom. The Morgan fingerprint density at radius 2 is 1.44 bits per heavy atom. The first-order valence-electron chi connectivity index (χ1n) is 5.27. The molecule has 0 heterocycles. The van der Waals surface area contributed by atoms with Crippen LogP contribution >= 0.6 is 34.2 Å². The quantitative estimate of drug-likeness (QED) is 0.567. The van der Waals surface area contributed by atoms with Gasteiger partial charge in [-0.15, -0.1) is 0 Å². The number of ketones is 2. The highest BCUT2D eigenvalue weighted by atomic mass is 127. The minimum absolute atomic E-state index is 0.116. The molecule has 0 spiro atoms. The fraction of sp³-hybridized carbons (Fsp3) is 0. The van der Waals surface area contributed by atoms with Crippen molar-refractivity contribution in [2.75, 3.05) is 0 Å². The average molecular weight is 369 g/mol. The molecule has 0 radical (unpaired) electrons. The second-order valence-corrected chi connectivity index (χ2v) is 5.47. The van der Waals surface area contributed by atoms with E-state index < -0.39 is 0 Å². The molecule has 0 saturated heterocycles. The van der Waals surface area contributed by atoms with Gasteiger partial charge in [-0.1, -0.05) is 35.9 Å². The lowest BCUT2D eigenvalue weighted by Crippen LogP contribution is -2.22. The van der Waals surface area contributed by atoms with E-state index in [1.54, 1.807) is 36.4 Å². The summed E-state index contributed by atoms with van der Waals surface area (Å²) in [5.41, 5.74) is 1.78. The highest BCUT2D eigenvalue weighted by Gasteiger charge is 2.31. The number of hydrogen-bond donors (Lipinski definition) is 0. The molecule has 2 aromatic rings. The summed E-state index contributed by atoms with van der Waals surface area (Å²) in [5.74, 6) is -0.248. The van der Waals surface area contributed by atoms with Gasteiger partial charge in [0.2, 0.25) is 0 Å². The summed E-state index contributed by atoms with van der Waals surface area (Å²) in [6.07, 6.45) is 0. The summed E-state index contributed by atoms with van der Waals surface area (Å²) in [7, 11) is 0. The Kier molecular flexibility index (Phi) is 2.75. The molecule has 0 saturated carbocycles. The maximum absolute atomic E-state index is 12.4. The monoisotopic (exact) mass is 368 g/mol. The van der Waals surface area contributed by atoms with Crippen LogP contribution in [-0.2, 0) is 0 Å². The summed E-state index contributed by atoms with van der Waals surface area (Å²) in [5, 5.41) is 0.495. The van der Waals surface area contributed by atoms with Crippen LogP contribution in [-0.4, -0.2) is 11.6 Å². The molecule has 0 N–H and O–H groups in total. The van der Waals surface area contributed by atoms with Crippen LogP contribution in [0.25, 0.3) is 0 Å². The summed E-state index contributed by atoms with van der Waals surface area (Å²) >= 11 is 8.02. The van der Waals surface area contributed by atoms with E-state index in [0.29, 0.717) is 30.8 Å². The summed E-state index contributed by atoms with van der Waals surface area (Å²) in [6, 6.07) is 10.1. The average Bonchev–Trinajstić information content (AvgIpc) is 2.39. The van der Waals surface area contributed by atoms with Crippen molar-refractivity contribution in [1.29, 1.82) is 0 Å². The molecule has 18 heavy (non-hydrogen) atoms. The Morgan fingerprint density at radius 3 is 2.11 bits per heavy atom. The van der Waals surface area contributed by atoms with Crippen molar-refractivity contribution >= 4 is 45.8 Å². The van der Waals surface area contributed by atoms with E-state index >= 15 is 0 Å². The van der Waals surface area contributed by atoms with Gasteiger partial charge in [0.1, 0.15) is 0 Å². The van der Waals surface area contributed by atoms with E-state index in [-0.39, 0.29) is 11.6 Å². The summed E-state index contributed by atoms with van der Waals surface area (Å²) in [6.45, 7) is 0. The molecule has 1 aliphatic carbocycles. The van der Waals surface area contributed by atoms with E-state index in [9.17, 15) is 9.59 Å². The van der Waals surface area contributed by atoms with Crippen LogP contribution in [0, 0.1) is 3.57 Å². The van der Waals surface area contributed by atoms with Crippen LogP contribution in [0.1, 0.15) is 31.8 Å². The zero-order valence-electron chi connectivity index (χ0n) is 9.04. The predicted molar refractivity (Wildman–Crippen MR) is 77.5 cm³/mol. The molecule has 0 atom stereocenters. The van der Waals surface area contributed by atoms with Crippen molar-refractivity contribution in [3.8, 4) is 0 Å². The largest absolute Gasteiger partial charge is 0.289 e. The third-order valence-corrected chi connectivity index (χ3v) is 4.74. The maximum atomic E-state index is 12.4. The van der Waals surface area contributed by atoms with Crippen molar-refractivity contribution in [3.05, 3.63) is 67.2 Å². The molecule has 0 amide bonds. The van der Waals surface area contributed by atoms with Crippen LogP contribution in [0.5, 0.6) is 0 Å². The molecule has 0 unspecified atom stereocenters. The van der Waals surface area contributed by atoms with Crippen LogP contribution in [0.2, 0.25) is 5.02 Å². The molecule has 1 aliphatic rings. The Balaban J connectivity index is 2.38. The molecule has 0 aromatic heterocycles. The van der Waals surface area contributed by atoms with Gasteiger partial charge in [-0.25, -0.2) is 0 Å². The number of benzene rings is 2. The minimum Gasteiger partial charge on any atom is -0.289 e. The topological polar surface area (TPSA) is 34.1 Å². The van der Waals surface area contributed by atoms with Gasteiger partial charge in [0.05, 0.1) is 5.02 Å². The fourth-order valence-electron chi connectivity index (χ4n) is 2.12. The third kappa shape index (κ3) is 1.54. The molecular formula is C14H6ClIO2. The van der Waals surface area contributed by atoms with Crippen LogP contribution < -0.4 is 0 Å². The standard InChI is InChI=1S/C14H6ClIO2/c15-10-6-5-9-11(12(10)16)14(18)8-4-2-1-3-7(8)13(9)17/h1-6H. The fourth-order valence-corrected chi connectivity index (χ4v) is 2.99. The van der Waals surface area contributed by atoms with Crippen LogP contribution in [0.15, 0.2) is 36.4 Å². The zero-order valence-corrected chi connectivity index (χ0v) is 11.9. The summed E-state index contributed by atoms with van der Waals surface area (Å²) in [4.78, 5) is 24.7. The van der Waals surface area contributed by atoms with Gasteiger partial charge in [0, 0.05) is 25.8 Å². The highest BCUT2D eigenvalue weighted by Crippen LogP contribution is 2.33. The number of carbonyl (C=O) groups is 2. The second-order valence-electron chi connectivity index (χ2n) is 3.99. The lowest BCUT2D eigenvalue weighted by atomic mass is 9.84. The first-order chi connectivity index (χ1) is 8.61.